The Bertz CT molecular complexity index is 812. The highest BCUT2D eigenvalue weighted by Crippen LogP contribution is 2.20. The smallest absolute Gasteiger partial charge is 0.276 e. The van der Waals surface area contributed by atoms with Crippen LogP contribution in [0.2, 0.25) is 0 Å². The Hall–Kier alpha value is -2.38. The molecule has 1 atom stereocenters. The van der Waals surface area contributed by atoms with E-state index >= 15 is 0 Å². The van der Waals surface area contributed by atoms with Crippen LogP contribution in [-0.2, 0) is 0 Å². The van der Waals surface area contributed by atoms with E-state index < -0.39 is 0 Å². The number of hydrogen-bond donors (Lipinski definition) is 3. The van der Waals surface area contributed by atoms with Crippen molar-refractivity contribution in [3.63, 3.8) is 0 Å². The largest absolute Gasteiger partial charge is 0.349 e. The summed E-state index contributed by atoms with van der Waals surface area (Å²) in [4.78, 5) is 24.6. The maximum Gasteiger partial charge on any atom is 0.276 e. The number of carbonyl (C=O) groups is 2. The zero-order valence-electron chi connectivity index (χ0n) is 15.0. The molecule has 1 aromatic heterocycles. The number of piperidine rings is 1. The van der Waals surface area contributed by atoms with Crippen molar-refractivity contribution in [3.8, 4) is 0 Å². The minimum Gasteiger partial charge on any atom is -0.349 e. The summed E-state index contributed by atoms with van der Waals surface area (Å²) in [5, 5.41) is 13.5. The van der Waals surface area contributed by atoms with E-state index in [0.717, 1.165) is 38.8 Å². The monoisotopic (exact) mass is 389 g/mol. The molecule has 1 unspecified atom stereocenters. The van der Waals surface area contributed by atoms with Crippen molar-refractivity contribution in [3.05, 3.63) is 47.8 Å². The van der Waals surface area contributed by atoms with E-state index in [9.17, 15) is 9.59 Å². The number of hydrogen-bond acceptors (Lipinski definition) is 4. The van der Waals surface area contributed by atoms with Crippen LogP contribution < -0.4 is 16.0 Å². The van der Waals surface area contributed by atoms with E-state index in [1.165, 1.54) is 0 Å². The quantitative estimate of drug-likeness (QED) is 0.732. The summed E-state index contributed by atoms with van der Waals surface area (Å²) in [6, 6.07) is 9.31. The van der Waals surface area contributed by atoms with Gasteiger partial charge in [0.05, 0.1) is 6.04 Å². The molecule has 4 rings (SSSR count). The highest BCUT2D eigenvalue weighted by atomic mass is 35.5. The van der Waals surface area contributed by atoms with Crippen molar-refractivity contribution in [2.75, 3.05) is 18.4 Å². The Morgan fingerprint density at radius 1 is 1.15 bits per heavy atom. The lowest BCUT2D eigenvalue weighted by atomic mass is 10.1. The van der Waals surface area contributed by atoms with Gasteiger partial charge in [-0.15, -0.1) is 12.4 Å². The summed E-state index contributed by atoms with van der Waals surface area (Å²) < 4.78 is 1.86. The molecule has 2 aromatic rings. The van der Waals surface area contributed by atoms with Crippen LogP contribution in [0.5, 0.6) is 0 Å². The molecule has 1 saturated heterocycles. The molecule has 0 bridgehead atoms. The van der Waals surface area contributed by atoms with Crippen LogP contribution in [0.25, 0.3) is 0 Å². The fourth-order valence-electron chi connectivity index (χ4n) is 3.15. The molecule has 1 aliphatic carbocycles. The zero-order chi connectivity index (χ0) is 17.9. The van der Waals surface area contributed by atoms with Crippen LogP contribution in [0.15, 0.2) is 36.5 Å². The molecular weight excluding hydrogens is 366 g/mol. The van der Waals surface area contributed by atoms with Gasteiger partial charge >= 0.3 is 0 Å². The average molecular weight is 390 g/mol. The molecule has 8 heteroatoms. The van der Waals surface area contributed by atoms with E-state index in [1.807, 2.05) is 10.9 Å². The van der Waals surface area contributed by atoms with Crippen LogP contribution in [0.1, 0.15) is 52.6 Å². The molecule has 1 saturated carbocycles. The van der Waals surface area contributed by atoms with Crippen LogP contribution >= 0.6 is 12.4 Å². The summed E-state index contributed by atoms with van der Waals surface area (Å²) in [5.41, 5.74) is 1.52. The highest BCUT2D eigenvalue weighted by molar-refractivity contribution is 6.03. The number of carbonyl (C=O) groups excluding carboxylic acids is 2. The van der Waals surface area contributed by atoms with Crippen LogP contribution in [0, 0.1) is 0 Å². The van der Waals surface area contributed by atoms with Gasteiger partial charge in [-0.2, -0.15) is 5.10 Å². The number of amides is 2. The molecule has 2 fully saturated rings. The van der Waals surface area contributed by atoms with Crippen molar-refractivity contribution in [2.24, 2.45) is 0 Å². The first-order valence-electron chi connectivity index (χ1n) is 9.17. The van der Waals surface area contributed by atoms with Gasteiger partial charge in [0.2, 0.25) is 0 Å². The van der Waals surface area contributed by atoms with Crippen LogP contribution in [0.4, 0.5) is 5.69 Å². The number of nitrogens with one attached hydrogen (secondary N) is 3. The van der Waals surface area contributed by atoms with E-state index in [2.05, 4.69) is 21.0 Å². The van der Waals surface area contributed by atoms with Crippen molar-refractivity contribution >= 4 is 29.9 Å². The van der Waals surface area contributed by atoms with E-state index in [-0.39, 0.29) is 24.2 Å². The van der Waals surface area contributed by atoms with Crippen LogP contribution in [0.3, 0.4) is 0 Å². The second kappa shape index (κ2) is 8.54. The minimum absolute atomic E-state index is 0. The first kappa shape index (κ1) is 19.4. The lowest BCUT2D eigenvalue weighted by Gasteiger charge is -2.22. The summed E-state index contributed by atoms with van der Waals surface area (Å²) in [6.45, 7) is 1.91. The van der Waals surface area contributed by atoms with Gasteiger partial charge in [0.25, 0.3) is 11.8 Å². The van der Waals surface area contributed by atoms with Crippen molar-refractivity contribution in [1.82, 2.24) is 20.4 Å². The number of benzene rings is 1. The van der Waals surface area contributed by atoms with Gasteiger partial charge < -0.3 is 16.0 Å². The summed E-state index contributed by atoms with van der Waals surface area (Å²) in [7, 11) is 0. The normalized spacial score (nSPS) is 19.0. The Balaban J connectivity index is 0.00000210. The first-order chi connectivity index (χ1) is 12.7. The van der Waals surface area contributed by atoms with E-state index in [0.29, 0.717) is 29.0 Å². The van der Waals surface area contributed by atoms with Crippen molar-refractivity contribution in [1.29, 1.82) is 0 Å². The number of anilines is 1. The summed E-state index contributed by atoms with van der Waals surface area (Å²) >= 11 is 0. The standard InChI is InChI=1S/C19H23N5O2.ClH/c25-18(21-14-6-7-14)13-3-1-4-15(11-13)22-19(26)17-8-10-24(23-17)16-5-2-9-20-12-16;/h1,3-4,8,10-11,14,16,20H,2,5-7,9,12H2,(H,21,25)(H,22,26);1H. The Morgan fingerprint density at radius 2 is 2.00 bits per heavy atom. The molecule has 7 nitrogen and oxygen atoms in total. The van der Waals surface area contributed by atoms with Gasteiger partial charge in [0.15, 0.2) is 5.69 Å². The third-order valence-corrected chi connectivity index (χ3v) is 4.78. The average Bonchev–Trinajstić information content (AvgIpc) is 3.34. The third-order valence-electron chi connectivity index (χ3n) is 4.78. The number of halogens is 1. The fraction of sp³-hybridized carbons (Fsp3) is 0.421. The minimum atomic E-state index is -0.271. The van der Waals surface area contributed by atoms with Crippen LogP contribution in [-0.4, -0.2) is 40.7 Å². The maximum absolute atomic E-state index is 12.5. The number of nitrogens with zero attached hydrogens (tertiary/aromatic N) is 2. The molecular formula is C19H24ClN5O2. The fourth-order valence-corrected chi connectivity index (χ4v) is 3.15. The molecule has 2 amide bonds. The SMILES string of the molecule is Cl.O=C(NC1CC1)c1cccc(NC(=O)c2ccn(C3CCCNC3)n2)c1. The van der Waals surface area contributed by atoms with Crippen molar-refractivity contribution in [2.45, 2.75) is 37.8 Å². The predicted octanol–water partition coefficient (Wildman–Crippen LogP) is 2.37. The van der Waals surface area contributed by atoms with E-state index in [4.69, 9.17) is 0 Å². The molecule has 1 aliphatic heterocycles. The molecule has 1 aromatic carbocycles. The topological polar surface area (TPSA) is 88.0 Å². The molecule has 0 spiro atoms. The maximum atomic E-state index is 12.5. The van der Waals surface area contributed by atoms with Gasteiger partial charge in [-0.1, -0.05) is 6.07 Å². The molecule has 27 heavy (non-hydrogen) atoms. The molecule has 0 radical (unpaired) electrons. The zero-order valence-corrected chi connectivity index (χ0v) is 15.8. The number of rotatable bonds is 5. The van der Waals surface area contributed by atoms with Gasteiger partial charge in [-0.25, -0.2) is 0 Å². The van der Waals surface area contributed by atoms with E-state index in [1.54, 1.807) is 30.3 Å². The number of aromatic nitrogens is 2. The molecule has 2 heterocycles. The second-order valence-electron chi connectivity index (χ2n) is 6.96. The second-order valence-corrected chi connectivity index (χ2v) is 6.96. The van der Waals surface area contributed by atoms with Gasteiger partial charge in [0.1, 0.15) is 0 Å². The van der Waals surface area contributed by atoms with Gasteiger partial charge in [-0.05, 0) is 56.5 Å². The lowest BCUT2D eigenvalue weighted by molar-refractivity contribution is 0.0949. The Labute approximate surface area is 164 Å². The van der Waals surface area contributed by atoms with Gasteiger partial charge in [0, 0.05) is 30.0 Å². The molecule has 3 N–H and O–H groups in total. The summed E-state index contributed by atoms with van der Waals surface area (Å²) in [6.07, 6.45) is 6.12. The third kappa shape index (κ3) is 4.87. The van der Waals surface area contributed by atoms with Crippen molar-refractivity contribution < 1.29 is 9.59 Å². The Kier molecular flexibility index (Phi) is 6.13. The Morgan fingerprint density at radius 3 is 2.74 bits per heavy atom. The lowest BCUT2D eigenvalue weighted by Crippen LogP contribution is -2.32. The first-order valence-corrected chi connectivity index (χ1v) is 9.17. The highest BCUT2D eigenvalue weighted by Gasteiger charge is 2.24. The molecule has 2 aliphatic rings. The molecule has 144 valence electrons. The van der Waals surface area contributed by atoms with Gasteiger partial charge in [-0.3, -0.25) is 14.3 Å². The summed E-state index contributed by atoms with van der Waals surface area (Å²) in [5.74, 6) is -0.370. The predicted molar refractivity (Wildman–Crippen MR) is 105 cm³/mol.